The molecule has 31 heavy (non-hydrogen) atoms. The van der Waals surface area contributed by atoms with E-state index in [9.17, 15) is 9.59 Å². The van der Waals surface area contributed by atoms with Crippen LogP contribution in [0.25, 0.3) is 5.65 Å². The van der Waals surface area contributed by atoms with E-state index in [1.807, 2.05) is 43.3 Å². The van der Waals surface area contributed by atoms with Crippen LogP contribution < -0.4 is 5.56 Å². The first-order chi connectivity index (χ1) is 14.7. The number of hydrogen-bond donors (Lipinski definition) is 1. The third-order valence-corrected chi connectivity index (χ3v) is 7.06. The lowest BCUT2D eigenvalue weighted by Gasteiger charge is -2.33. The van der Waals surface area contributed by atoms with Crippen LogP contribution in [0.5, 0.6) is 0 Å². The van der Waals surface area contributed by atoms with E-state index in [0.29, 0.717) is 35.9 Å². The molecule has 9 heteroatoms. The van der Waals surface area contributed by atoms with E-state index >= 15 is 0 Å². The predicted octanol–water partition coefficient (Wildman–Crippen LogP) is 3.15. The second-order valence-electron chi connectivity index (χ2n) is 8.70. The summed E-state index contributed by atoms with van der Waals surface area (Å²) in [6.07, 6.45) is 1.70. The molecule has 0 saturated carbocycles. The van der Waals surface area contributed by atoms with Crippen LogP contribution in [0, 0.1) is 33.6 Å². The number of likely N-dealkylation sites (tertiary alicyclic amines) is 1. The quantitative estimate of drug-likeness (QED) is 0.669. The SMILES string of the molecule is Cc1nn(C[C@H](C)C(=O)N2CCC(c3cc4nc(C)c(C)c(=O)n4[nH]3)CC2)c(C)c1Cl. The molecule has 3 aromatic rings. The molecule has 3 aromatic heterocycles. The van der Waals surface area contributed by atoms with Crippen molar-refractivity contribution in [3.8, 4) is 0 Å². The summed E-state index contributed by atoms with van der Waals surface area (Å²) < 4.78 is 3.35. The number of aryl methyl sites for hydroxylation is 2. The van der Waals surface area contributed by atoms with E-state index in [2.05, 4.69) is 15.2 Å². The summed E-state index contributed by atoms with van der Waals surface area (Å²) in [5.74, 6) is 0.242. The van der Waals surface area contributed by atoms with Crippen LogP contribution in [0.1, 0.15) is 54.0 Å². The van der Waals surface area contributed by atoms with Gasteiger partial charge in [-0.25, -0.2) is 9.50 Å². The number of hydrogen-bond acceptors (Lipinski definition) is 4. The van der Waals surface area contributed by atoms with Gasteiger partial charge in [0.25, 0.3) is 5.56 Å². The first-order valence-corrected chi connectivity index (χ1v) is 11.1. The number of H-pyrrole nitrogens is 1. The molecule has 0 aliphatic carbocycles. The number of carbonyl (C=O) groups excluding carboxylic acids is 1. The third kappa shape index (κ3) is 3.89. The number of rotatable bonds is 4. The van der Waals surface area contributed by atoms with Crippen molar-refractivity contribution in [2.45, 2.75) is 59.9 Å². The Morgan fingerprint density at radius 3 is 2.52 bits per heavy atom. The van der Waals surface area contributed by atoms with Gasteiger partial charge in [0.15, 0.2) is 5.65 Å². The Balaban J connectivity index is 1.41. The summed E-state index contributed by atoms with van der Waals surface area (Å²) in [5, 5.41) is 8.34. The standard InChI is InChI=1S/C22H29ClN6O2/c1-12(11-28-16(5)20(23)15(4)25-28)21(30)27-8-6-17(7-9-27)18-10-19-24-14(3)13(2)22(31)29(19)26-18/h10,12,17,26H,6-9,11H2,1-5H3/t12-/m0/s1. The molecule has 0 unspecified atom stereocenters. The van der Waals surface area contributed by atoms with Crippen LogP contribution in [0.15, 0.2) is 10.9 Å². The van der Waals surface area contributed by atoms with Gasteiger partial charge in [0.1, 0.15) is 0 Å². The lowest BCUT2D eigenvalue weighted by Crippen LogP contribution is -2.41. The lowest BCUT2D eigenvalue weighted by atomic mass is 9.93. The summed E-state index contributed by atoms with van der Waals surface area (Å²) in [5.41, 5.74) is 4.70. The minimum Gasteiger partial charge on any atom is -0.342 e. The minimum atomic E-state index is -0.174. The average Bonchev–Trinajstić information content (AvgIpc) is 3.28. The molecular weight excluding hydrogens is 416 g/mol. The summed E-state index contributed by atoms with van der Waals surface area (Å²) in [6.45, 7) is 11.3. The molecule has 0 spiro atoms. The van der Waals surface area contributed by atoms with Crippen molar-refractivity contribution < 1.29 is 4.79 Å². The number of fused-ring (bicyclic) bond motifs is 1. The van der Waals surface area contributed by atoms with Gasteiger partial charge in [-0.3, -0.25) is 19.4 Å². The van der Waals surface area contributed by atoms with Crippen LogP contribution in [-0.4, -0.2) is 48.3 Å². The molecule has 0 bridgehead atoms. The number of aromatic amines is 1. The maximum Gasteiger partial charge on any atom is 0.275 e. The van der Waals surface area contributed by atoms with Gasteiger partial charge in [-0.15, -0.1) is 0 Å². The third-order valence-electron chi connectivity index (χ3n) is 6.51. The Labute approximate surface area is 186 Å². The van der Waals surface area contributed by atoms with Crippen molar-refractivity contribution >= 4 is 23.2 Å². The van der Waals surface area contributed by atoms with Crippen molar-refractivity contribution in [1.82, 2.24) is 29.3 Å². The van der Waals surface area contributed by atoms with Crippen LogP contribution in [-0.2, 0) is 11.3 Å². The molecule has 0 radical (unpaired) electrons. The molecule has 1 atom stereocenters. The molecule has 1 N–H and O–H groups in total. The molecule has 4 heterocycles. The summed E-state index contributed by atoms with van der Waals surface area (Å²) in [7, 11) is 0. The van der Waals surface area contributed by atoms with Gasteiger partial charge in [-0.2, -0.15) is 5.10 Å². The molecule has 1 saturated heterocycles. The number of halogens is 1. The second kappa shape index (κ2) is 8.15. The summed E-state index contributed by atoms with van der Waals surface area (Å²) >= 11 is 6.23. The van der Waals surface area contributed by atoms with E-state index in [4.69, 9.17) is 11.6 Å². The fourth-order valence-corrected chi connectivity index (χ4v) is 4.49. The smallest absolute Gasteiger partial charge is 0.275 e. The normalized spacial score (nSPS) is 16.3. The predicted molar refractivity (Wildman–Crippen MR) is 120 cm³/mol. The summed E-state index contributed by atoms with van der Waals surface area (Å²) in [4.78, 5) is 31.9. The van der Waals surface area contributed by atoms with E-state index in [-0.39, 0.29) is 23.3 Å². The van der Waals surface area contributed by atoms with Gasteiger partial charge in [0.05, 0.1) is 28.9 Å². The monoisotopic (exact) mass is 444 g/mol. The molecule has 1 fully saturated rings. The molecule has 1 amide bonds. The van der Waals surface area contributed by atoms with E-state index < -0.39 is 0 Å². The van der Waals surface area contributed by atoms with Gasteiger partial charge in [0.2, 0.25) is 5.91 Å². The van der Waals surface area contributed by atoms with Gasteiger partial charge in [-0.05, 0) is 40.5 Å². The van der Waals surface area contributed by atoms with Gasteiger partial charge in [0, 0.05) is 42.0 Å². The zero-order chi connectivity index (χ0) is 22.4. The number of nitrogens with one attached hydrogen (secondary N) is 1. The molecule has 166 valence electrons. The highest BCUT2D eigenvalue weighted by Crippen LogP contribution is 2.28. The zero-order valence-corrected chi connectivity index (χ0v) is 19.5. The topological polar surface area (TPSA) is 88.3 Å². The number of aromatic nitrogens is 5. The van der Waals surface area contributed by atoms with E-state index in [1.54, 1.807) is 6.92 Å². The Bertz CT molecular complexity index is 1200. The van der Waals surface area contributed by atoms with Crippen LogP contribution in [0.3, 0.4) is 0 Å². The Morgan fingerprint density at radius 2 is 1.90 bits per heavy atom. The maximum absolute atomic E-state index is 13.0. The van der Waals surface area contributed by atoms with Crippen LogP contribution >= 0.6 is 11.6 Å². The highest BCUT2D eigenvalue weighted by molar-refractivity contribution is 6.31. The largest absolute Gasteiger partial charge is 0.342 e. The van der Waals surface area contributed by atoms with Crippen molar-refractivity contribution in [1.29, 1.82) is 0 Å². The number of nitrogens with zero attached hydrogens (tertiary/aromatic N) is 5. The van der Waals surface area contributed by atoms with E-state index in [1.165, 1.54) is 4.52 Å². The average molecular weight is 445 g/mol. The molecular formula is C22H29ClN6O2. The summed E-state index contributed by atoms with van der Waals surface area (Å²) in [6, 6.07) is 1.96. The maximum atomic E-state index is 13.0. The first kappa shape index (κ1) is 21.6. The Hall–Kier alpha value is -2.61. The molecule has 1 aliphatic heterocycles. The van der Waals surface area contributed by atoms with Crippen molar-refractivity contribution in [2.24, 2.45) is 5.92 Å². The van der Waals surface area contributed by atoms with E-state index in [0.717, 1.165) is 35.6 Å². The lowest BCUT2D eigenvalue weighted by molar-refractivity contribution is -0.136. The highest BCUT2D eigenvalue weighted by atomic mass is 35.5. The molecule has 1 aliphatic rings. The van der Waals surface area contributed by atoms with Gasteiger partial charge < -0.3 is 4.90 Å². The van der Waals surface area contributed by atoms with Crippen molar-refractivity contribution in [3.05, 3.63) is 49.8 Å². The van der Waals surface area contributed by atoms with Crippen LogP contribution in [0.4, 0.5) is 0 Å². The Morgan fingerprint density at radius 1 is 1.23 bits per heavy atom. The second-order valence-corrected chi connectivity index (χ2v) is 9.08. The number of carbonyl (C=O) groups is 1. The number of piperidine rings is 1. The fourth-order valence-electron chi connectivity index (χ4n) is 4.36. The molecule has 0 aromatic carbocycles. The first-order valence-electron chi connectivity index (χ1n) is 10.7. The fraction of sp³-hybridized carbons (Fsp3) is 0.545. The number of amides is 1. The van der Waals surface area contributed by atoms with Gasteiger partial charge >= 0.3 is 0 Å². The molecule has 4 rings (SSSR count). The molecule has 8 nitrogen and oxygen atoms in total. The van der Waals surface area contributed by atoms with Gasteiger partial charge in [-0.1, -0.05) is 18.5 Å². The Kier molecular flexibility index (Phi) is 5.68. The minimum absolute atomic E-state index is 0.0561. The highest BCUT2D eigenvalue weighted by Gasteiger charge is 2.28. The van der Waals surface area contributed by atoms with Crippen LogP contribution in [0.2, 0.25) is 5.02 Å². The zero-order valence-electron chi connectivity index (χ0n) is 18.7. The van der Waals surface area contributed by atoms with Crippen molar-refractivity contribution in [2.75, 3.05) is 13.1 Å². The van der Waals surface area contributed by atoms with Crippen molar-refractivity contribution in [3.63, 3.8) is 0 Å².